The molecule has 1 aromatic rings. The molecule has 5 heteroatoms. The van der Waals surface area contributed by atoms with Crippen LogP contribution in [0.2, 0.25) is 0 Å². The van der Waals surface area contributed by atoms with Crippen LogP contribution in [0, 0.1) is 6.92 Å². The normalized spacial score (nSPS) is 11.6. The average Bonchev–Trinajstić information content (AvgIpc) is 2.27. The van der Waals surface area contributed by atoms with Crippen LogP contribution in [-0.2, 0) is 0 Å². The molecule has 88 valence electrons. The second kappa shape index (κ2) is 5.34. The molecule has 0 unspecified atom stereocenters. The molecule has 0 saturated carbocycles. The quantitative estimate of drug-likeness (QED) is 0.349. The number of rotatable bonds is 4. The summed E-state index contributed by atoms with van der Waals surface area (Å²) >= 11 is 0. The third-order valence-corrected chi connectivity index (χ3v) is 2.29. The van der Waals surface area contributed by atoms with Gasteiger partial charge in [0.05, 0.1) is 0 Å². The maximum absolute atomic E-state index is 8.64. The van der Waals surface area contributed by atoms with Gasteiger partial charge in [0.25, 0.3) is 0 Å². The van der Waals surface area contributed by atoms with Gasteiger partial charge < -0.3 is 15.8 Å². The van der Waals surface area contributed by atoms with Gasteiger partial charge in [0.1, 0.15) is 5.82 Å². The first-order valence-corrected chi connectivity index (χ1v) is 5.26. The van der Waals surface area contributed by atoms with Crippen molar-refractivity contribution >= 4 is 11.7 Å². The molecule has 0 aliphatic rings. The van der Waals surface area contributed by atoms with E-state index in [1.165, 1.54) is 0 Å². The van der Waals surface area contributed by atoms with Gasteiger partial charge in [-0.1, -0.05) is 12.1 Å². The first kappa shape index (κ1) is 12.3. The minimum atomic E-state index is 0.108. The van der Waals surface area contributed by atoms with Gasteiger partial charge in [-0.25, -0.2) is 4.98 Å². The second-order valence-electron chi connectivity index (χ2n) is 3.76. The third kappa shape index (κ3) is 2.85. The van der Waals surface area contributed by atoms with Gasteiger partial charge in [0.15, 0.2) is 5.84 Å². The second-order valence-corrected chi connectivity index (χ2v) is 3.76. The van der Waals surface area contributed by atoms with Crippen molar-refractivity contribution in [3.8, 4) is 0 Å². The van der Waals surface area contributed by atoms with Crippen LogP contribution in [0.4, 0.5) is 5.82 Å². The maximum Gasteiger partial charge on any atom is 0.170 e. The van der Waals surface area contributed by atoms with Crippen LogP contribution in [-0.4, -0.2) is 29.6 Å². The number of anilines is 1. The smallest absolute Gasteiger partial charge is 0.170 e. The maximum atomic E-state index is 8.64. The molecule has 0 radical (unpaired) electrons. The van der Waals surface area contributed by atoms with E-state index in [0.717, 1.165) is 24.5 Å². The molecule has 0 atom stereocenters. The van der Waals surface area contributed by atoms with Crippen molar-refractivity contribution in [2.24, 2.45) is 10.9 Å². The number of oxime groups is 1. The molecule has 1 aromatic heterocycles. The molecule has 0 bridgehead atoms. The van der Waals surface area contributed by atoms with Crippen LogP contribution in [0.1, 0.15) is 24.6 Å². The SMILES string of the molecule is CCCN(C)c1cc(/C(N)=N/O)cc(C)n1. The topological polar surface area (TPSA) is 74.7 Å². The molecule has 0 fully saturated rings. The van der Waals surface area contributed by atoms with Crippen molar-refractivity contribution in [1.29, 1.82) is 0 Å². The zero-order chi connectivity index (χ0) is 12.1. The van der Waals surface area contributed by atoms with E-state index in [1.807, 2.05) is 24.9 Å². The van der Waals surface area contributed by atoms with Crippen molar-refractivity contribution in [3.05, 3.63) is 23.4 Å². The highest BCUT2D eigenvalue weighted by molar-refractivity contribution is 5.97. The van der Waals surface area contributed by atoms with Crippen molar-refractivity contribution in [1.82, 2.24) is 4.98 Å². The summed E-state index contributed by atoms with van der Waals surface area (Å²) in [7, 11) is 1.97. The molecule has 16 heavy (non-hydrogen) atoms. The van der Waals surface area contributed by atoms with E-state index >= 15 is 0 Å². The van der Waals surface area contributed by atoms with Gasteiger partial charge in [0.2, 0.25) is 0 Å². The largest absolute Gasteiger partial charge is 0.409 e. The Morgan fingerprint density at radius 1 is 1.56 bits per heavy atom. The number of nitrogens with two attached hydrogens (primary N) is 1. The molecule has 0 aliphatic carbocycles. The lowest BCUT2D eigenvalue weighted by Crippen LogP contribution is -2.21. The summed E-state index contributed by atoms with van der Waals surface area (Å²) in [6.07, 6.45) is 1.05. The summed E-state index contributed by atoms with van der Waals surface area (Å²) in [5, 5.41) is 11.6. The highest BCUT2D eigenvalue weighted by Gasteiger charge is 2.07. The minimum absolute atomic E-state index is 0.108. The highest BCUT2D eigenvalue weighted by atomic mass is 16.4. The fourth-order valence-corrected chi connectivity index (χ4v) is 1.50. The molecule has 0 amide bonds. The molecule has 5 nitrogen and oxygen atoms in total. The van der Waals surface area contributed by atoms with E-state index in [1.54, 1.807) is 6.07 Å². The number of aryl methyl sites for hydroxylation is 1. The Morgan fingerprint density at radius 2 is 2.25 bits per heavy atom. The predicted molar refractivity (Wildman–Crippen MR) is 65.0 cm³/mol. The third-order valence-electron chi connectivity index (χ3n) is 2.29. The molecule has 0 saturated heterocycles. The van der Waals surface area contributed by atoms with E-state index in [9.17, 15) is 0 Å². The first-order valence-electron chi connectivity index (χ1n) is 5.26. The number of pyridine rings is 1. The molecular weight excluding hydrogens is 204 g/mol. The van der Waals surface area contributed by atoms with Crippen LogP contribution < -0.4 is 10.6 Å². The Labute approximate surface area is 95.6 Å². The van der Waals surface area contributed by atoms with E-state index in [-0.39, 0.29) is 5.84 Å². The first-order chi connectivity index (χ1) is 7.58. The summed E-state index contributed by atoms with van der Waals surface area (Å²) in [4.78, 5) is 6.45. The Morgan fingerprint density at radius 3 is 2.81 bits per heavy atom. The monoisotopic (exact) mass is 222 g/mol. The lowest BCUT2D eigenvalue weighted by atomic mass is 10.2. The molecule has 0 aromatic carbocycles. The number of nitrogens with zero attached hydrogens (tertiary/aromatic N) is 3. The van der Waals surface area contributed by atoms with Gasteiger partial charge >= 0.3 is 0 Å². The Hall–Kier alpha value is -1.78. The zero-order valence-electron chi connectivity index (χ0n) is 9.94. The lowest BCUT2D eigenvalue weighted by Gasteiger charge is -2.18. The van der Waals surface area contributed by atoms with E-state index in [4.69, 9.17) is 10.9 Å². The van der Waals surface area contributed by atoms with Crippen molar-refractivity contribution in [3.63, 3.8) is 0 Å². The molecule has 1 heterocycles. The van der Waals surface area contributed by atoms with E-state index in [0.29, 0.717) is 5.56 Å². The molecule has 0 aliphatic heterocycles. The van der Waals surface area contributed by atoms with Gasteiger partial charge in [-0.3, -0.25) is 0 Å². The Kier molecular flexibility index (Phi) is 4.10. The summed E-state index contributed by atoms with van der Waals surface area (Å²) < 4.78 is 0. The van der Waals surface area contributed by atoms with Crippen LogP contribution in [0.3, 0.4) is 0 Å². The van der Waals surface area contributed by atoms with Crippen LogP contribution in [0.25, 0.3) is 0 Å². The van der Waals surface area contributed by atoms with Gasteiger partial charge in [-0.15, -0.1) is 0 Å². The predicted octanol–water partition coefficient (Wildman–Crippen LogP) is 1.33. The Balaban J connectivity index is 3.07. The summed E-state index contributed by atoms with van der Waals surface area (Å²) in [6, 6.07) is 3.61. The summed E-state index contributed by atoms with van der Waals surface area (Å²) in [5.74, 6) is 0.945. The van der Waals surface area contributed by atoms with Crippen LogP contribution >= 0.6 is 0 Å². The Bertz CT molecular complexity index is 390. The van der Waals surface area contributed by atoms with Crippen LogP contribution in [0.5, 0.6) is 0 Å². The summed E-state index contributed by atoms with van der Waals surface area (Å²) in [5.41, 5.74) is 7.10. The van der Waals surface area contributed by atoms with E-state index in [2.05, 4.69) is 17.1 Å². The molecule has 1 rings (SSSR count). The number of hydrogen-bond donors (Lipinski definition) is 2. The molecular formula is C11H18N4O. The van der Waals surface area contributed by atoms with Crippen molar-refractivity contribution in [2.75, 3.05) is 18.5 Å². The standard InChI is InChI=1S/C11H18N4O/c1-4-5-15(3)10-7-9(11(12)14-16)6-8(2)13-10/h6-7,16H,4-5H2,1-3H3,(H2,12,14). The lowest BCUT2D eigenvalue weighted by molar-refractivity contribution is 0.318. The van der Waals surface area contributed by atoms with Gasteiger partial charge in [-0.05, 0) is 25.5 Å². The highest BCUT2D eigenvalue weighted by Crippen LogP contribution is 2.13. The van der Waals surface area contributed by atoms with Gasteiger partial charge in [-0.2, -0.15) is 0 Å². The molecule has 0 spiro atoms. The van der Waals surface area contributed by atoms with Gasteiger partial charge in [0, 0.05) is 24.8 Å². The summed E-state index contributed by atoms with van der Waals surface area (Å²) in [6.45, 7) is 4.92. The number of aromatic nitrogens is 1. The zero-order valence-corrected chi connectivity index (χ0v) is 9.94. The fraction of sp³-hybridized carbons (Fsp3) is 0.455. The number of amidine groups is 1. The minimum Gasteiger partial charge on any atom is -0.409 e. The number of hydrogen-bond acceptors (Lipinski definition) is 4. The average molecular weight is 222 g/mol. The van der Waals surface area contributed by atoms with Crippen molar-refractivity contribution < 1.29 is 5.21 Å². The van der Waals surface area contributed by atoms with Crippen molar-refractivity contribution in [2.45, 2.75) is 20.3 Å². The fourth-order valence-electron chi connectivity index (χ4n) is 1.50. The molecule has 3 N–H and O–H groups in total. The van der Waals surface area contributed by atoms with E-state index < -0.39 is 0 Å². The van der Waals surface area contributed by atoms with Crippen LogP contribution in [0.15, 0.2) is 17.3 Å².